The molecule has 1 rings (SSSR count). The lowest BCUT2D eigenvalue weighted by molar-refractivity contribution is -0.137. The Morgan fingerprint density at radius 1 is 1.50 bits per heavy atom. The van der Waals surface area contributed by atoms with Gasteiger partial charge < -0.3 is 10.1 Å². The van der Waals surface area contributed by atoms with Gasteiger partial charge in [-0.3, -0.25) is 0 Å². The number of ether oxygens (including phenoxy) is 1. The number of carbonyl (C=O) groups is 1. The minimum Gasteiger partial charge on any atom is -0.463 e. The number of hydrogen-bond acceptors (Lipinski definition) is 3. The van der Waals surface area contributed by atoms with Crippen molar-refractivity contribution in [3.8, 4) is 0 Å². The zero-order valence-electron chi connectivity index (χ0n) is 10.7. The molecule has 0 saturated carbocycles. The van der Waals surface area contributed by atoms with Crippen LogP contribution in [0.15, 0.2) is 36.4 Å². The van der Waals surface area contributed by atoms with Crippen molar-refractivity contribution in [1.82, 2.24) is 5.32 Å². The molecule has 0 heterocycles. The van der Waals surface area contributed by atoms with Crippen LogP contribution in [-0.2, 0) is 9.53 Å². The summed E-state index contributed by atoms with van der Waals surface area (Å²) < 4.78 is 18.2. The zero-order chi connectivity index (χ0) is 13.4. The molecule has 1 atom stereocenters. The van der Waals surface area contributed by atoms with Gasteiger partial charge >= 0.3 is 5.97 Å². The van der Waals surface area contributed by atoms with Gasteiger partial charge in [-0.05, 0) is 19.9 Å². The molecule has 0 spiro atoms. The van der Waals surface area contributed by atoms with Crippen LogP contribution in [0.4, 0.5) is 4.39 Å². The predicted molar refractivity (Wildman–Crippen MR) is 68.6 cm³/mol. The van der Waals surface area contributed by atoms with Crippen molar-refractivity contribution in [1.29, 1.82) is 0 Å². The van der Waals surface area contributed by atoms with Crippen LogP contribution in [0.25, 0.3) is 0 Å². The Labute approximate surface area is 107 Å². The SMILES string of the molecule is CCOC(=O)/C=C/CN[C@H](C)c1ccccc1F. The van der Waals surface area contributed by atoms with E-state index in [9.17, 15) is 9.18 Å². The third-order valence-electron chi connectivity index (χ3n) is 2.45. The normalized spacial score (nSPS) is 12.6. The van der Waals surface area contributed by atoms with E-state index < -0.39 is 0 Å². The summed E-state index contributed by atoms with van der Waals surface area (Å²) in [6.45, 7) is 4.47. The molecule has 3 nitrogen and oxygen atoms in total. The van der Waals surface area contributed by atoms with Crippen molar-refractivity contribution in [2.45, 2.75) is 19.9 Å². The average Bonchev–Trinajstić information content (AvgIpc) is 2.35. The van der Waals surface area contributed by atoms with Gasteiger partial charge in [0.05, 0.1) is 6.61 Å². The van der Waals surface area contributed by atoms with E-state index in [0.717, 1.165) is 0 Å². The largest absolute Gasteiger partial charge is 0.463 e. The number of benzene rings is 1. The van der Waals surface area contributed by atoms with Crippen LogP contribution in [-0.4, -0.2) is 19.1 Å². The minimum absolute atomic E-state index is 0.113. The molecule has 1 N–H and O–H groups in total. The number of rotatable bonds is 6. The van der Waals surface area contributed by atoms with Crippen LogP contribution in [0.3, 0.4) is 0 Å². The van der Waals surface area contributed by atoms with Gasteiger partial charge in [0.15, 0.2) is 0 Å². The monoisotopic (exact) mass is 251 g/mol. The number of halogens is 1. The number of carbonyl (C=O) groups excluding carboxylic acids is 1. The lowest BCUT2D eigenvalue weighted by atomic mass is 10.1. The lowest BCUT2D eigenvalue weighted by Crippen LogP contribution is -2.19. The van der Waals surface area contributed by atoms with Gasteiger partial charge in [0.1, 0.15) is 5.82 Å². The van der Waals surface area contributed by atoms with Crippen LogP contribution < -0.4 is 5.32 Å². The summed E-state index contributed by atoms with van der Waals surface area (Å²) >= 11 is 0. The summed E-state index contributed by atoms with van der Waals surface area (Å²) in [7, 11) is 0. The highest BCUT2D eigenvalue weighted by molar-refractivity contribution is 5.81. The highest BCUT2D eigenvalue weighted by Gasteiger charge is 2.08. The van der Waals surface area contributed by atoms with Crippen LogP contribution in [0.5, 0.6) is 0 Å². The van der Waals surface area contributed by atoms with Gasteiger partial charge in [-0.2, -0.15) is 0 Å². The van der Waals surface area contributed by atoms with Gasteiger partial charge in [-0.25, -0.2) is 9.18 Å². The minimum atomic E-state index is -0.363. The fourth-order valence-electron chi connectivity index (χ4n) is 1.53. The summed E-state index contributed by atoms with van der Waals surface area (Å²) in [5.74, 6) is -0.593. The van der Waals surface area contributed by atoms with Crippen molar-refractivity contribution in [2.24, 2.45) is 0 Å². The molecule has 0 fully saturated rings. The molecule has 1 aromatic rings. The fraction of sp³-hybridized carbons (Fsp3) is 0.357. The smallest absolute Gasteiger partial charge is 0.330 e. The molecule has 0 amide bonds. The first-order valence-electron chi connectivity index (χ1n) is 5.96. The van der Waals surface area contributed by atoms with Crippen LogP contribution in [0.1, 0.15) is 25.5 Å². The molecule has 4 heteroatoms. The molecule has 0 aromatic heterocycles. The van der Waals surface area contributed by atoms with E-state index in [0.29, 0.717) is 18.7 Å². The Morgan fingerprint density at radius 2 is 2.22 bits per heavy atom. The molecular weight excluding hydrogens is 233 g/mol. The second-order valence-corrected chi connectivity index (χ2v) is 3.81. The Hall–Kier alpha value is -1.68. The lowest BCUT2D eigenvalue weighted by Gasteiger charge is -2.13. The second-order valence-electron chi connectivity index (χ2n) is 3.81. The molecular formula is C14H18FNO2. The second kappa shape index (κ2) is 7.61. The van der Waals surface area contributed by atoms with Gasteiger partial charge in [-0.15, -0.1) is 0 Å². The van der Waals surface area contributed by atoms with Gasteiger partial charge in [0.2, 0.25) is 0 Å². The van der Waals surface area contributed by atoms with Gasteiger partial charge in [0.25, 0.3) is 0 Å². The van der Waals surface area contributed by atoms with E-state index in [4.69, 9.17) is 4.74 Å². The Kier molecular flexibility index (Phi) is 6.08. The molecule has 0 radical (unpaired) electrons. The van der Waals surface area contributed by atoms with Gasteiger partial charge in [0, 0.05) is 24.2 Å². The Balaban J connectivity index is 2.40. The van der Waals surface area contributed by atoms with E-state index in [-0.39, 0.29) is 17.8 Å². The maximum absolute atomic E-state index is 13.4. The van der Waals surface area contributed by atoms with Crippen molar-refractivity contribution < 1.29 is 13.9 Å². The van der Waals surface area contributed by atoms with Crippen LogP contribution in [0.2, 0.25) is 0 Å². The van der Waals surface area contributed by atoms with Crippen molar-refractivity contribution >= 4 is 5.97 Å². The van der Waals surface area contributed by atoms with Gasteiger partial charge in [-0.1, -0.05) is 24.3 Å². The Bertz CT molecular complexity index is 418. The van der Waals surface area contributed by atoms with Crippen LogP contribution >= 0.6 is 0 Å². The van der Waals surface area contributed by atoms with E-state index in [1.165, 1.54) is 12.1 Å². The molecule has 0 aliphatic carbocycles. The quantitative estimate of drug-likeness (QED) is 0.624. The van der Waals surface area contributed by atoms with E-state index >= 15 is 0 Å². The van der Waals surface area contributed by atoms with E-state index in [1.54, 1.807) is 31.2 Å². The van der Waals surface area contributed by atoms with Crippen molar-refractivity contribution in [3.05, 3.63) is 47.8 Å². The third kappa shape index (κ3) is 4.67. The standard InChI is InChI=1S/C14H18FNO2/c1-3-18-14(17)9-6-10-16-11(2)12-7-4-5-8-13(12)15/h4-9,11,16H,3,10H2,1-2H3/b9-6+/t11-/m1/s1. The number of nitrogens with one attached hydrogen (secondary N) is 1. The summed E-state index contributed by atoms with van der Waals surface area (Å²) in [4.78, 5) is 11.0. The summed E-state index contributed by atoms with van der Waals surface area (Å²) in [6, 6.07) is 6.51. The summed E-state index contributed by atoms with van der Waals surface area (Å²) in [6.07, 6.45) is 3.03. The van der Waals surface area contributed by atoms with E-state index in [2.05, 4.69) is 5.32 Å². The topological polar surface area (TPSA) is 38.3 Å². The summed E-state index contributed by atoms with van der Waals surface area (Å²) in [5.41, 5.74) is 0.613. The zero-order valence-corrected chi connectivity index (χ0v) is 10.7. The molecule has 0 aliphatic heterocycles. The average molecular weight is 251 g/mol. The predicted octanol–water partition coefficient (Wildman–Crippen LogP) is 2.60. The maximum atomic E-state index is 13.4. The first-order chi connectivity index (χ1) is 8.65. The maximum Gasteiger partial charge on any atom is 0.330 e. The summed E-state index contributed by atoms with van der Waals surface area (Å²) in [5, 5.41) is 3.10. The first-order valence-corrected chi connectivity index (χ1v) is 5.96. The first kappa shape index (κ1) is 14.4. The molecule has 1 aromatic carbocycles. The molecule has 0 unspecified atom stereocenters. The van der Waals surface area contributed by atoms with Crippen molar-refractivity contribution in [3.63, 3.8) is 0 Å². The number of hydrogen-bond donors (Lipinski definition) is 1. The highest BCUT2D eigenvalue weighted by Crippen LogP contribution is 2.15. The van der Waals surface area contributed by atoms with Crippen LogP contribution in [0, 0.1) is 5.82 Å². The molecule has 0 bridgehead atoms. The fourth-order valence-corrected chi connectivity index (χ4v) is 1.53. The molecule has 0 aliphatic rings. The molecule has 0 saturated heterocycles. The number of esters is 1. The third-order valence-corrected chi connectivity index (χ3v) is 2.45. The Morgan fingerprint density at radius 3 is 2.89 bits per heavy atom. The highest BCUT2D eigenvalue weighted by atomic mass is 19.1. The molecule has 98 valence electrons. The van der Waals surface area contributed by atoms with E-state index in [1.807, 2.05) is 6.92 Å². The molecule has 18 heavy (non-hydrogen) atoms. The van der Waals surface area contributed by atoms with Crippen molar-refractivity contribution in [2.75, 3.05) is 13.2 Å².